The van der Waals surface area contributed by atoms with Gasteiger partial charge in [0.2, 0.25) is 5.43 Å². The number of nitrogens with one attached hydrogen (secondary N) is 1. The Morgan fingerprint density at radius 1 is 1.73 bits per heavy atom. The zero-order valence-electron chi connectivity index (χ0n) is 6.26. The van der Waals surface area contributed by atoms with Crippen molar-refractivity contribution in [3.8, 4) is 0 Å². The van der Waals surface area contributed by atoms with Gasteiger partial charge in [-0.1, -0.05) is 11.6 Å². The molecule has 0 spiro atoms. The average molecular weight is 174 g/mol. The highest BCUT2D eigenvalue weighted by Gasteiger charge is 2.00. The summed E-state index contributed by atoms with van der Waals surface area (Å²) in [6.45, 7) is 0. The Labute approximate surface area is 68.8 Å². The van der Waals surface area contributed by atoms with Gasteiger partial charge < -0.3 is 5.32 Å². The summed E-state index contributed by atoms with van der Waals surface area (Å²) < 4.78 is 1.50. The molecule has 0 radical (unpaired) electrons. The Kier molecular flexibility index (Phi) is 2.14. The lowest BCUT2D eigenvalue weighted by Gasteiger charge is -2.04. The summed E-state index contributed by atoms with van der Waals surface area (Å²) in [6, 6.07) is 1.40. The second-order valence-electron chi connectivity index (χ2n) is 2.06. The Balaban J connectivity index is 3.32. The summed E-state index contributed by atoms with van der Waals surface area (Å²) >= 11 is 5.47. The SMILES string of the molecule is CNc1cc(=O)c(Cl)nn1C. The average Bonchev–Trinajstić information content (AvgIpc) is 1.97. The van der Waals surface area contributed by atoms with Crippen LogP contribution >= 0.6 is 11.6 Å². The van der Waals surface area contributed by atoms with Crippen LogP contribution in [-0.4, -0.2) is 16.8 Å². The highest BCUT2D eigenvalue weighted by atomic mass is 35.5. The number of hydrogen-bond acceptors (Lipinski definition) is 3. The van der Waals surface area contributed by atoms with Crippen molar-refractivity contribution < 1.29 is 0 Å². The topological polar surface area (TPSA) is 46.9 Å². The first-order valence-corrected chi connectivity index (χ1v) is 3.44. The van der Waals surface area contributed by atoms with E-state index in [9.17, 15) is 4.79 Å². The van der Waals surface area contributed by atoms with Crippen LogP contribution < -0.4 is 10.7 Å². The summed E-state index contributed by atoms with van der Waals surface area (Å²) in [5, 5.41) is 6.55. The van der Waals surface area contributed by atoms with E-state index in [1.807, 2.05) is 0 Å². The fourth-order valence-corrected chi connectivity index (χ4v) is 0.914. The van der Waals surface area contributed by atoms with Crippen molar-refractivity contribution in [1.29, 1.82) is 0 Å². The molecule has 1 heterocycles. The molecule has 0 fully saturated rings. The van der Waals surface area contributed by atoms with E-state index in [4.69, 9.17) is 11.6 Å². The quantitative estimate of drug-likeness (QED) is 0.672. The summed E-state index contributed by atoms with van der Waals surface area (Å²) in [5.41, 5.74) is -0.269. The standard InChI is InChI=1S/C6H8ClN3O/c1-8-5-3-4(11)6(7)9-10(5)2/h3,8H,1-2H3. The van der Waals surface area contributed by atoms with Crippen LogP contribution in [0, 0.1) is 0 Å². The van der Waals surface area contributed by atoms with Gasteiger partial charge in [0.1, 0.15) is 5.82 Å². The predicted octanol–water partition coefficient (Wildman–Crippen LogP) is 0.475. The Bertz CT molecular complexity index is 320. The number of hydrogen-bond donors (Lipinski definition) is 1. The highest BCUT2D eigenvalue weighted by Crippen LogP contribution is 2.01. The Hall–Kier alpha value is -1.03. The zero-order chi connectivity index (χ0) is 8.43. The minimum absolute atomic E-state index is 0.00787. The fourth-order valence-electron chi connectivity index (χ4n) is 0.746. The molecule has 0 aromatic carbocycles. The fraction of sp³-hybridized carbons (Fsp3) is 0.333. The van der Waals surface area contributed by atoms with Crippen LogP contribution in [0.3, 0.4) is 0 Å². The summed E-state index contributed by atoms with van der Waals surface area (Å²) in [5.74, 6) is 0.638. The molecule has 4 nitrogen and oxygen atoms in total. The van der Waals surface area contributed by atoms with E-state index >= 15 is 0 Å². The Morgan fingerprint density at radius 3 is 2.91 bits per heavy atom. The van der Waals surface area contributed by atoms with E-state index in [0.717, 1.165) is 0 Å². The van der Waals surface area contributed by atoms with Crippen LogP contribution in [-0.2, 0) is 7.05 Å². The third kappa shape index (κ3) is 1.51. The normalized spacial score (nSPS) is 9.73. The maximum Gasteiger partial charge on any atom is 0.221 e. The third-order valence-electron chi connectivity index (χ3n) is 1.31. The number of aryl methyl sites for hydroxylation is 1. The van der Waals surface area contributed by atoms with Gasteiger partial charge in [0.05, 0.1) is 0 Å². The molecule has 0 saturated carbocycles. The molecular weight excluding hydrogens is 166 g/mol. The lowest BCUT2D eigenvalue weighted by molar-refractivity contribution is 0.743. The third-order valence-corrected chi connectivity index (χ3v) is 1.58. The largest absolute Gasteiger partial charge is 0.373 e. The van der Waals surface area contributed by atoms with Crippen molar-refractivity contribution in [2.24, 2.45) is 7.05 Å². The molecule has 0 aliphatic carbocycles. The van der Waals surface area contributed by atoms with Crippen LogP contribution in [0.5, 0.6) is 0 Å². The molecule has 0 aliphatic rings. The number of aromatic nitrogens is 2. The van der Waals surface area contributed by atoms with Crippen molar-refractivity contribution in [3.63, 3.8) is 0 Å². The number of rotatable bonds is 1. The molecule has 5 heteroatoms. The van der Waals surface area contributed by atoms with Gasteiger partial charge in [-0.25, -0.2) is 0 Å². The molecule has 0 saturated heterocycles. The lowest BCUT2D eigenvalue weighted by atomic mass is 10.5. The second-order valence-corrected chi connectivity index (χ2v) is 2.42. The molecule has 1 rings (SSSR count). The number of halogens is 1. The molecule has 60 valence electrons. The van der Waals surface area contributed by atoms with Gasteiger partial charge in [-0.3, -0.25) is 9.48 Å². The van der Waals surface area contributed by atoms with E-state index in [0.29, 0.717) is 5.82 Å². The summed E-state index contributed by atoms with van der Waals surface area (Å²) in [6.07, 6.45) is 0. The summed E-state index contributed by atoms with van der Waals surface area (Å²) in [4.78, 5) is 10.9. The van der Waals surface area contributed by atoms with Crippen molar-refractivity contribution in [2.45, 2.75) is 0 Å². The molecule has 0 aliphatic heterocycles. The smallest absolute Gasteiger partial charge is 0.221 e. The molecule has 0 atom stereocenters. The van der Waals surface area contributed by atoms with Crippen LogP contribution in [0.1, 0.15) is 0 Å². The predicted molar refractivity (Wildman–Crippen MR) is 44.0 cm³/mol. The molecule has 0 bridgehead atoms. The number of anilines is 1. The van der Waals surface area contributed by atoms with E-state index in [1.54, 1.807) is 14.1 Å². The minimum atomic E-state index is -0.269. The molecule has 11 heavy (non-hydrogen) atoms. The first kappa shape index (κ1) is 8.07. The maximum absolute atomic E-state index is 10.9. The van der Waals surface area contributed by atoms with Crippen LogP contribution in [0.25, 0.3) is 0 Å². The van der Waals surface area contributed by atoms with E-state index in [-0.39, 0.29) is 10.6 Å². The molecular formula is C6H8ClN3O. The monoisotopic (exact) mass is 173 g/mol. The van der Waals surface area contributed by atoms with Gasteiger partial charge in [0.25, 0.3) is 0 Å². The van der Waals surface area contributed by atoms with Crippen molar-refractivity contribution >= 4 is 17.4 Å². The van der Waals surface area contributed by atoms with Crippen LogP contribution in [0.15, 0.2) is 10.9 Å². The first-order valence-electron chi connectivity index (χ1n) is 3.06. The molecule has 1 aromatic rings. The van der Waals surface area contributed by atoms with Crippen LogP contribution in [0.2, 0.25) is 5.15 Å². The molecule has 0 unspecified atom stereocenters. The zero-order valence-corrected chi connectivity index (χ0v) is 7.01. The van der Waals surface area contributed by atoms with E-state index in [2.05, 4.69) is 10.4 Å². The van der Waals surface area contributed by atoms with Gasteiger partial charge in [-0.2, -0.15) is 5.10 Å². The first-order chi connectivity index (χ1) is 5.15. The van der Waals surface area contributed by atoms with Crippen LogP contribution in [0.4, 0.5) is 5.82 Å². The molecule has 0 amide bonds. The molecule has 1 aromatic heterocycles. The van der Waals surface area contributed by atoms with Gasteiger partial charge in [-0.05, 0) is 0 Å². The Morgan fingerprint density at radius 2 is 2.36 bits per heavy atom. The number of nitrogens with zero attached hydrogens (tertiary/aromatic N) is 2. The van der Waals surface area contributed by atoms with Crippen molar-refractivity contribution in [3.05, 3.63) is 21.4 Å². The highest BCUT2D eigenvalue weighted by molar-refractivity contribution is 6.29. The maximum atomic E-state index is 10.9. The van der Waals surface area contributed by atoms with Crippen molar-refractivity contribution in [2.75, 3.05) is 12.4 Å². The van der Waals surface area contributed by atoms with Gasteiger partial charge >= 0.3 is 0 Å². The summed E-state index contributed by atoms with van der Waals surface area (Å²) in [7, 11) is 3.42. The second kappa shape index (κ2) is 2.92. The van der Waals surface area contributed by atoms with E-state index < -0.39 is 0 Å². The lowest BCUT2D eigenvalue weighted by Crippen LogP contribution is -2.13. The van der Waals surface area contributed by atoms with E-state index in [1.165, 1.54) is 10.7 Å². The van der Waals surface area contributed by atoms with Crippen molar-refractivity contribution in [1.82, 2.24) is 9.78 Å². The van der Waals surface area contributed by atoms with Gasteiger partial charge in [-0.15, -0.1) is 0 Å². The van der Waals surface area contributed by atoms with Gasteiger partial charge in [0, 0.05) is 20.2 Å². The minimum Gasteiger partial charge on any atom is -0.373 e. The molecule has 1 N–H and O–H groups in total. The van der Waals surface area contributed by atoms with Gasteiger partial charge in [0.15, 0.2) is 5.15 Å².